The van der Waals surface area contributed by atoms with Crippen molar-refractivity contribution in [2.75, 3.05) is 33.2 Å². The van der Waals surface area contributed by atoms with Gasteiger partial charge in [-0.3, -0.25) is 4.90 Å². The first-order valence-corrected chi connectivity index (χ1v) is 6.27. The zero-order valence-corrected chi connectivity index (χ0v) is 11.0. The lowest BCUT2D eigenvalue weighted by Gasteiger charge is -2.35. The summed E-state index contributed by atoms with van der Waals surface area (Å²) in [7, 11) is 2.06. The van der Waals surface area contributed by atoms with Crippen molar-refractivity contribution in [2.45, 2.75) is 6.04 Å². The molecule has 3 nitrogen and oxygen atoms in total. The molecule has 1 saturated heterocycles. The molecule has 2 rings (SSSR count). The fourth-order valence-corrected chi connectivity index (χ4v) is 2.32. The van der Waals surface area contributed by atoms with Gasteiger partial charge in [0.1, 0.15) is 11.9 Å². The highest BCUT2D eigenvalue weighted by atomic mass is 35.5. The Kier molecular flexibility index (Phi) is 4.18. The van der Waals surface area contributed by atoms with Gasteiger partial charge in [-0.1, -0.05) is 17.7 Å². The summed E-state index contributed by atoms with van der Waals surface area (Å²) in [4.78, 5) is 4.33. The normalized spacial score (nSPS) is 19.4. The van der Waals surface area contributed by atoms with Gasteiger partial charge in [-0.15, -0.1) is 0 Å². The molecule has 0 aromatic heterocycles. The van der Waals surface area contributed by atoms with Gasteiger partial charge in [0, 0.05) is 26.2 Å². The van der Waals surface area contributed by atoms with Gasteiger partial charge in [0.15, 0.2) is 0 Å². The largest absolute Gasteiger partial charge is 0.304 e. The Morgan fingerprint density at radius 3 is 2.56 bits per heavy atom. The Morgan fingerprint density at radius 2 is 2.00 bits per heavy atom. The summed E-state index contributed by atoms with van der Waals surface area (Å²) in [5.41, 5.74) is 0.758. The second kappa shape index (κ2) is 5.66. The second-order valence-electron chi connectivity index (χ2n) is 4.54. The van der Waals surface area contributed by atoms with Gasteiger partial charge in [-0.05, 0) is 24.7 Å². The standard InChI is InChI=1S/C13H15ClFN3/c1-17-4-6-18(7-5-17)13(9-16)10-2-3-12(15)11(14)8-10/h2-3,8,13H,4-7H2,1H3. The average Bonchev–Trinajstić information content (AvgIpc) is 2.37. The predicted octanol–water partition coefficient (Wildman–Crippen LogP) is 2.29. The molecule has 0 aliphatic carbocycles. The minimum atomic E-state index is -0.449. The molecule has 0 radical (unpaired) electrons. The summed E-state index contributed by atoms with van der Waals surface area (Å²) in [6.07, 6.45) is 0. The van der Waals surface area contributed by atoms with E-state index in [2.05, 4.69) is 22.9 Å². The molecule has 1 aromatic carbocycles. The van der Waals surface area contributed by atoms with Gasteiger partial charge < -0.3 is 4.90 Å². The summed E-state index contributed by atoms with van der Waals surface area (Å²) in [6, 6.07) is 6.42. The van der Waals surface area contributed by atoms with Gasteiger partial charge in [0.25, 0.3) is 0 Å². The molecule has 1 aliphatic rings. The third kappa shape index (κ3) is 2.81. The first-order chi connectivity index (χ1) is 8.61. The zero-order valence-electron chi connectivity index (χ0n) is 10.2. The number of nitriles is 1. The van der Waals surface area contributed by atoms with E-state index in [9.17, 15) is 9.65 Å². The van der Waals surface area contributed by atoms with E-state index in [0.717, 1.165) is 31.7 Å². The summed E-state index contributed by atoms with van der Waals surface area (Å²) in [6.45, 7) is 3.55. The Bertz CT molecular complexity index is 464. The zero-order chi connectivity index (χ0) is 13.1. The number of likely N-dealkylation sites (N-methyl/N-ethyl adjacent to an activating group) is 1. The highest BCUT2D eigenvalue weighted by molar-refractivity contribution is 6.30. The molecule has 0 amide bonds. The van der Waals surface area contributed by atoms with E-state index in [1.54, 1.807) is 12.1 Å². The minimum absolute atomic E-state index is 0.0712. The first-order valence-electron chi connectivity index (χ1n) is 5.89. The molecule has 0 spiro atoms. The highest BCUT2D eigenvalue weighted by Gasteiger charge is 2.24. The number of rotatable bonds is 2. The second-order valence-corrected chi connectivity index (χ2v) is 4.95. The van der Waals surface area contributed by atoms with E-state index in [1.165, 1.54) is 6.07 Å². The van der Waals surface area contributed by atoms with Crippen molar-refractivity contribution in [3.8, 4) is 6.07 Å². The maximum Gasteiger partial charge on any atom is 0.141 e. The molecule has 5 heteroatoms. The molecule has 1 heterocycles. The number of hydrogen-bond donors (Lipinski definition) is 0. The van der Waals surface area contributed by atoms with Crippen LogP contribution >= 0.6 is 11.6 Å². The van der Waals surface area contributed by atoms with Crippen molar-refractivity contribution >= 4 is 11.6 Å². The summed E-state index contributed by atoms with van der Waals surface area (Å²) >= 11 is 5.77. The molecule has 0 saturated carbocycles. The molecule has 96 valence electrons. The molecule has 1 fully saturated rings. The molecule has 0 N–H and O–H groups in total. The van der Waals surface area contributed by atoms with Gasteiger partial charge >= 0.3 is 0 Å². The van der Waals surface area contributed by atoms with Gasteiger partial charge in [-0.2, -0.15) is 5.26 Å². The van der Waals surface area contributed by atoms with Crippen LogP contribution in [0.3, 0.4) is 0 Å². The average molecular weight is 268 g/mol. The van der Waals surface area contributed by atoms with Crippen LogP contribution in [0.1, 0.15) is 11.6 Å². The summed E-state index contributed by atoms with van der Waals surface area (Å²) in [5.74, 6) is -0.449. The lowest BCUT2D eigenvalue weighted by atomic mass is 10.1. The molecule has 1 aromatic rings. The molecule has 1 unspecified atom stereocenters. The molecular weight excluding hydrogens is 253 g/mol. The smallest absolute Gasteiger partial charge is 0.141 e. The Labute approximate surface area is 111 Å². The summed E-state index contributed by atoms with van der Waals surface area (Å²) < 4.78 is 13.1. The van der Waals surface area contributed by atoms with E-state index in [1.807, 2.05) is 0 Å². The highest BCUT2D eigenvalue weighted by Crippen LogP contribution is 2.25. The van der Waals surface area contributed by atoms with Crippen LogP contribution in [-0.4, -0.2) is 43.0 Å². The predicted molar refractivity (Wildman–Crippen MR) is 68.8 cm³/mol. The SMILES string of the molecule is CN1CCN(C(C#N)c2ccc(F)c(Cl)c2)CC1. The third-order valence-corrected chi connectivity index (χ3v) is 3.57. The fourth-order valence-electron chi connectivity index (χ4n) is 2.13. The maximum absolute atomic E-state index is 13.1. The maximum atomic E-state index is 13.1. The van der Waals surface area contributed by atoms with Crippen molar-refractivity contribution in [3.63, 3.8) is 0 Å². The van der Waals surface area contributed by atoms with Crippen LogP contribution in [0.5, 0.6) is 0 Å². The van der Waals surface area contributed by atoms with Crippen LogP contribution < -0.4 is 0 Å². The van der Waals surface area contributed by atoms with Gasteiger partial charge in [0.2, 0.25) is 0 Å². The third-order valence-electron chi connectivity index (χ3n) is 3.28. The Hall–Kier alpha value is -1.15. The molecule has 0 bridgehead atoms. The van der Waals surface area contributed by atoms with Crippen molar-refractivity contribution in [1.82, 2.24) is 9.80 Å². The lowest BCUT2D eigenvalue weighted by molar-refractivity contribution is 0.133. The number of benzene rings is 1. The van der Waals surface area contributed by atoms with Crippen molar-refractivity contribution < 1.29 is 4.39 Å². The molecule has 18 heavy (non-hydrogen) atoms. The van der Waals surface area contributed by atoms with E-state index in [0.29, 0.717) is 0 Å². The van der Waals surface area contributed by atoms with Crippen molar-refractivity contribution in [1.29, 1.82) is 5.26 Å². The molecule has 1 atom stereocenters. The van der Waals surface area contributed by atoms with Crippen molar-refractivity contribution in [3.05, 3.63) is 34.6 Å². The van der Waals surface area contributed by atoms with E-state index >= 15 is 0 Å². The van der Waals surface area contributed by atoms with Crippen molar-refractivity contribution in [2.24, 2.45) is 0 Å². The van der Waals surface area contributed by atoms with Crippen LogP contribution in [0.25, 0.3) is 0 Å². The quantitative estimate of drug-likeness (QED) is 0.824. The van der Waals surface area contributed by atoms with Crippen LogP contribution in [0, 0.1) is 17.1 Å². The fraction of sp³-hybridized carbons (Fsp3) is 0.462. The number of halogens is 2. The number of hydrogen-bond acceptors (Lipinski definition) is 3. The van der Waals surface area contributed by atoms with Gasteiger partial charge in [0.05, 0.1) is 11.1 Å². The topological polar surface area (TPSA) is 30.3 Å². The van der Waals surface area contributed by atoms with E-state index in [4.69, 9.17) is 11.6 Å². The van der Waals surface area contributed by atoms with Crippen LogP contribution in [0.2, 0.25) is 5.02 Å². The van der Waals surface area contributed by atoms with Crippen LogP contribution in [-0.2, 0) is 0 Å². The first kappa shape index (κ1) is 13.3. The van der Waals surface area contributed by atoms with E-state index in [-0.39, 0.29) is 11.1 Å². The van der Waals surface area contributed by atoms with Gasteiger partial charge in [-0.25, -0.2) is 4.39 Å². The minimum Gasteiger partial charge on any atom is -0.304 e. The number of nitrogens with zero attached hydrogens (tertiary/aromatic N) is 3. The monoisotopic (exact) mass is 267 g/mol. The Morgan fingerprint density at radius 1 is 1.33 bits per heavy atom. The molecule has 1 aliphatic heterocycles. The van der Waals surface area contributed by atoms with Crippen LogP contribution in [0.15, 0.2) is 18.2 Å². The molecular formula is C13H15ClFN3. The lowest BCUT2D eigenvalue weighted by Crippen LogP contribution is -2.45. The van der Waals surface area contributed by atoms with Crippen LogP contribution in [0.4, 0.5) is 4.39 Å². The summed E-state index contributed by atoms with van der Waals surface area (Å²) in [5, 5.41) is 9.39. The van der Waals surface area contributed by atoms with E-state index < -0.39 is 5.82 Å². The number of piperazine rings is 1. The Balaban J connectivity index is 2.18.